The molecule has 0 saturated carbocycles. The second-order valence-electron chi connectivity index (χ2n) is 3.37. The summed E-state index contributed by atoms with van der Waals surface area (Å²) in [5.41, 5.74) is 0.286. The van der Waals surface area contributed by atoms with E-state index < -0.39 is 5.82 Å². The maximum absolute atomic E-state index is 13.1. The Kier molecular flexibility index (Phi) is 4.24. The summed E-state index contributed by atoms with van der Waals surface area (Å²) in [6.45, 7) is 0. The van der Waals surface area contributed by atoms with E-state index in [4.69, 9.17) is 34.8 Å². The highest BCUT2D eigenvalue weighted by molar-refractivity contribution is 6.39. The van der Waals surface area contributed by atoms with Gasteiger partial charge in [0.15, 0.2) is 0 Å². The zero-order valence-corrected chi connectivity index (χ0v) is 11.8. The number of hydrogen-bond acceptors (Lipinski definition) is 5. The van der Waals surface area contributed by atoms with Crippen LogP contribution < -0.4 is 10.6 Å². The molecule has 2 aromatic rings. The number of benzene rings is 1. The van der Waals surface area contributed by atoms with Crippen LogP contribution >= 0.6 is 34.8 Å². The molecule has 100 valence electrons. The molecule has 1 aromatic heterocycles. The van der Waals surface area contributed by atoms with Crippen molar-refractivity contribution in [2.75, 3.05) is 17.7 Å². The van der Waals surface area contributed by atoms with Gasteiger partial charge in [0.2, 0.25) is 17.2 Å². The summed E-state index contributed by atoms with van der Waals surface area (Å²) in [6.07, 6.45) is 0. The monoisotopic (exact) mass is 321 g/mol. The minimum Gasteiger partial charge on any atom is -0.357 e. The van der Waals surface area contributed by atoms with Gasteiger partial charge in [-0.15, -0.1) is 0 Å². The van der Waals surface area contributed by atoms with E-state index in [2.05, 4.69) is 25.6 Å². The van der Waals surface area contributed by atoms with Gasteiger partial charge in [0.1, 0.15) is 5.82 Å². The average molecular weight is 323 g/mol. The van der Waals surface area contributed by atoms with Gasteiger partial charge in [0.25, 0.3) is 0 Å². The van der Waals surface area contributed by atoms with E-state index in [9.17, 15) is 4.39 Å². The molecule has 0 aliphatic rings. The summed E-state index contributed by atoms with van der Waals surface area (Å²) in [5, 5.41) is 5.69. The van der Waals surface area contributed by atoms with Gasteiger partial charge in [0, 0.05) is 7.05 Å². The molecule has 1 heterocycles. The molecule has 19 heavy (non-hydrogen) atoms. The second-order valence-corrected chi connectivity index (χ2v) is 4.52. The van der Waals surface area contributed by atoms with Crippen LogP contribution in [0.1, 0.15) is 0 Å². The lowest BCUT2D eigenvalue weighted by Gasteiger charge is -2.10. The Labute approximate surface area is 123 Å². The first-order valence-corrected chi connectivity index (χ1v) is 6.14. The quantitative estimate of drug-likeness (QED) is 0.901. The van der Waals surface area contributed by atoms with Crippen LogP contribution in [0.15, 0.2) is 12.1 Å². The van der Waals surface area contributed by atoms with Crippen LogP contribution in [0.5, 0.6) is 0 Å². The predicted octanol–water partition coefficient (Wildman–Crippen LogP) is 3.76. The fourth-order valence-corrected chi connectivity index (χ4v) is 2.01. The maximum Gasteiger partial charge on any atom is 0.233 e. The van der Waals surface area contributed by atoms with Gasteiger partial charge in [-0.2, -0.15) is 15.0 Å². The van der Waals surface area contributed by atoms with E-state index in [0.717, 1.165) is 12.1 Å². The largest absolute Gasteiger partial charge is 0.357 e. The highest BCUT2D eigenvalue weighted by atomic mass is 35.5. The molecule has 0 amide bonds. The highest BCUT2D eigenvalue weighted by Gasteiger charge is 2.11. The minimum absolute atomic E-state index is 0.00351. The van der Waals surface area contributed by atoms with Gasteiger partial charge in [-0.3, -0.25) is 0 Å². The molecule has 0 aliphatic heterocycles. The van der Waals surface area contributed by atoms with Crippen LogP contribution in [0.2, 0.25) is 15.3 Å². The number of halogens is 4. The van der Waals surface area contributed by atoms with E-state index in [-0.39, 0.29) is 32.9 Å². The summed E-state index contributed by atoms with van der Waals surface area (Å²) >= 11 is 17.5. The van der Waals surface area contributed by atoms with Crippen molar-refractivity contribution >= 4 is 52.4 Å². The first-order chi connectivity index (χ1) is 8.99. The van der Waals surface area contributed by atoms with Crippen molar-refractivity contribution in [2.24, 2.45) is 0 Å². The van der Waals surface area contributed by atoms with Crippen molar-refractivity contribution in [3.63, 3.8) is 0 Å². The molecule has 9 heteroatoms. The van der Waals surface area contributed by atoms with Crippen molar-refractivity contribution in [1.29, 1.82) is 0 Å². The molecule has 5 nitrogen and oxygen atoms in total. The molecule has 0 unspecified atom stereocenters. The van der Waals surface area contributed by atoms with Gasteiger partial charge in [-0.05, 0) is 23.7 Å². The number of aromatic nitrogens is 3. The molecule has 0 aliphatic carbocycles. The molecule has 0 atom stereocenters. The molecule has 2 N–H and O–H groups in total. The number of anilines is 3. The van der Waals surface area contributed by atoms with E-state index in [1.165, 1.54) is 0 Å². The Morgan fingerprint density at radius 1 is 1.00 bits per heavy atom. The molecular weight excluding hydrogens is 316 g/mol. The van der Waals surface area contributed by atoms with Gasteiger partial charge in [0.05, 0.1) is 15.7 Å². The lowest BCUT2D eigenvalue weighted by Crippen LogP contribution is -2.04. The zero-order chi connectivity index (χ0) is 14.0. The van der Waals surface area contributed by atoms with Gasteiger partial charge >= 0.3 is 0 Å². The first-order valence-electron chi connectivity index (χ1n) is 5.00. The molecule has 0 bridgehead atoms. The summed E-state index contributed by atoms with van der Waals surface area (Å²) in [4.78, 5) is 11.7. The van der Waals surface area contributed by atoms with Crippen LogP contribution in [0.25, 0.3) is 0 Å². The third-order valence-electron chi connectivity index (χ3n) is 2.08. The van der Waals surface area contributed by atoms with Crippen LogP contribution in [-0.4, -0.2) is 22.0 Å². The zero-order valence-electron chi connectivity index (χ0n) is 9.51. The van der Waals surface area contributed by atoms with Crippen molar-refractivity contribution in [2.45, 2.75) is 0 Å². The lowest BCUT2D eigenvalue weighted by atomic mass is 10.3. The fraction of sp³-hybridized carbons (Fsp3) is 0.100. The van der Waals surface area contributed by atoms with E-state index in [1.54, 1.807) is 7.05 Å². The van der Waals surface area contributed by atoms with Gasteiger partial charge in [-0.25, -0.2) is 4.39 Å². The van der Waals surface area contributed by atoms with E-state index >= 15 is 0 Å². The van der Waals surface area contributed by atoms with Crippen molar-refractivity contribution in [3.8, 4) is 0 Å². The molecular formula is C10H7Cl3FN5. The van der Waals surface area contributed by atoms with Crippen LogP contribution in [-0.2, 0) is 0 Å². The first kappa shape index (κ1) is 14.0. The molecule has 0 spiro atoms. The van der Waals surface area contributed by atoms with Crippen molar-refractivity contribution in [3.05, 3.63) is 33.3 Å². The normalized spacial score (nSPS) is 10.4. The Bertz CT molecular complexity index is 599. The van der Waals surface area contributed by atoms with Crippen molar-refractivity contribution < 1.29 is 4.39 Å². The molecule has 1 aromatic carbocycles. The standard InChI is InChI=1S/C10H7Cl3FN5/c1-15-9-17-8(13)18-10(19-9)16-7-5(11)2-4(14)3-6(7)12/h2-3H,1H3,(H2,15,16,17,18,19). The van der Waals surface area contributed by atoms with Gasteiger partial charge < -0.3 is 10.6 Å². The third-order valence-corrected chi connectivity index (χ3v) is 2.84. The summed E-state index contributed by atoms with van der Waals surface area (Å²) < 4.78 is 13.1. The molecule has 0 saturated heterocycles. The predicted molar refractivity (Wildman–Crippen MR) is 74.1 cm³/mol. The summed E-state index contributed by atoms with van der Waals surface area (Å²) in [7, 11) is 1.63. The lowest BCUT2D eigenvalue weighted by molar-refractivity contribution is 0.628. The number of nitrogens with one attached hydrogen (secondary N) is 2. The van der Waals surface area contributed by atoms with Crippen LogP contribution in [0, 0.1) is 5.82 Å². The topological polar surface area (TPSA) is 62.7 Å². The Morgan fingerprint density at radius 3 is 2.16 bits per heavy atom. The average Bonchev–Trinajstić information content (AvgIpc) is 2.33. The second kappa shape index (κ2) is 5.73. The minimum atomic E-state index is -0.537. The fourth-order valence-electron chi connectivity index (χ4n) is 1.29. The molecule has 0 radical (unpaired) electrons. The Balaban J connectivity index is 2.39. The van der Waals surface area contributed by atoms with E-state index in [1.807, 2.05) is 0 Å². The molecule has 2 rings (SSSR count). The van der Waals surface area contributed by atoms with Gasteiger partial charge in [-0.1, -0.05) is 23.2 Å². The highest BCUT2D eigenvalue weighted by Crippen LogP contribution is 2.33. The number of hydrogen-bond donors (Lipinski definition) is 2. The Hall–Kier alpha value is -1.37. The summed E-state index contributed by atoms with van der Waals surface area (Å²) in [6, 6.07) is 2.25. The van der Waals surface area contributed by atoms with Crippen molar-refractivity contribution in [1.82, 2.24) is 15.0 Å². The van der Waals surface area contributed by atoms with E-state index in [0.29, 0.717) is 0 Å². The molecule has 0 fully saturated rings. The van der Waals surface area contributed by atoms with Crippen LogP contribution in [0.3, 0.4) is 0 Å². The van der Waals surface area contributed by atoms with Crippen LogP contribution in [0.4, 0.5) is 22.0 Å². The Morgan fingerprint density at radius 2 is 1.58 bits per heavy atom. The number of rotatable bonds is 3. The number of nitrogens with zero attached hydrogens (tertiary/aromatic N) is 3. The summed E-state index contributed by atoms with van der Waals surface area (Å²) in [5.74, 6) is -0.123. The third kappa shape index (κ3) is 3.34. The SMILES string of the molecule is CNc1nc(Cl)nc(Nc2c(Cl)cc(F)cc2Cl)n1. The maximum atomic E-state index is 13.1. The smallest absolute Gasteiger partial charge is 0.233 e.